The van der Waals surface area contributed by atoms with Crippen molar-refractivity contribution in [1.82, 2.24) is 0 Å². The number of rotatable bonds is 7. The Morgan fingerprint density at radius 3 is 2.10 bits per heavy atom. The minimum atomic E-state index is -0.692. The summed E-state index contributed by atoms with van der Waals surface area (Å²) in [6.07, 6.45) is 3.31. The average molecular weight is 442 g/mol. The fourth-order valence-electron chi connectivity index (χ4n) is 3.45. The second-order valence-corrected chi connectivity index (χ2v) is 7.11. The lowest BCUT2D eigenvalue weighted by atomic mass is 9.83. The SMILES string of the molecule is CCOC(=O)C1=CN(c2ccccc2OC)C=C(C(=O)OCC)C1c1cccc(Cl)c1. The van der Waals surface area contributed by atoms with Crippen LogP contribution < -0.4 is 9.64 Å². The van der Waals surface area contributed by atoms with E-state index in [1.54, 1.807) is 62.5 Å². The van der Waals surface area contributed by atoms with E-state index in [1.165, 1.54) is 0 Å². The number of para-hydroxylation sites is 2. The molecule has 6 nitrogen and oxygen atoms in total. The largest absolute Gasteiger partial charge is 0.495 e. The van der Waals surface area contributed by atoms with Crippen molar-refractivity contribution >= 4 is 29.2 Å². The number of anilines is 1. The van der Waals surface area contributed by atoms with Crippen LogP contribution in [0.15, 0.2) is 72.1 Å². The van der Waals surface area contributed by atoms with Gasteiger partial charge < -0.3 is 19.1 Å². The number of halogens is 1. The van der Waals surface area contributed by atoms with Crippen LogP contribution in [0, 0.1) is 0 Å². The van der Waals surface area contributed by atoms with E-state index in [4.69, 9.17) is 25.8 Å². The van der Waals surface area contributed by atoms with Crippen molar-refractivity contribution in [1.29, 1.82) is 0 Å². The van der Waals surface area contributed by atoms with E-state index < -0.39 is 17.9 Å². The predicted molar refractivity (Wildman–Crippen MR) is 119 cm³/mol. The highest BCUT2D eigenvalue weighted by atomic mass is 35.5. The van der Waals surface area contributed by atoms with Gasteiger partial charge in [0.15, 0.2) is 0 Å². The van der Waals surface area contributed by atoms with Crippen LogP contribution in [0.1, 0.15) is 25.3 Å². The Balaban J connectivity index is 2.21. The molecule has 0 N–H and O–H groups in total. The average Bonchev–Trinajstić information content (AvgIpc) is 2.78. The van der Waals surface area contributed by atoms with Gasteiger partial charge in [-0.1, -0.05) is 35.9 Å². The Kier molecular flexibility index (Phi) is 7.36. The Labute approximate surface area is 186 Å². The number of carbonyl (C=O) groups excluding carboxylic acids is 2. The van der Waals surface area contributed by atoms with Crippen molar-refractivity contribution in [3.63, 3.8) is 0 Å². The molecule has 0 unspecified atom stereocenters. The minimum Gasteiger partial charge on any atom is -0.495 e. The van der Waals surface area contributed by atoms with Crippen LogP contribution in [0.4, 0.5) is 5.69 Å². The first-order valence-electron chi connectivity index (χ1n) is 9.94. The predicted octanol–water partition coefficient (Wildman–Crippen LogP) is 4.85. The molecule has 0 saturated heterocycles. The molecule has 0 radical (unpaired) electrons. The minimum absolute atomic E-state index is 0.200. The fraction of sp³-hybridized carbons (Fsp3) is 0.250. The summed E-state index contributed by atoms with van der Waals surface area (Å²) in [7, 11) is 1.56. The normalized spacial score (nSPS) is 13.9. The van der Waals surface area contributed by atoms with Crippen molar-refractivity contribution in [3.8, 4) is 5.75 Å². The maximum atomic E-state index is 13.0. The second-order valence-electron chi connectivity index (χ2n) is 6.68. The molecule has 0 atom stereocenters. The first-order chi connectivity index (χ1) is 15.0. The van der Waals surface area contributed by atoms with E-state index >= 15 is 0 Å². The van der Waals surface area contributed by atoms with Crippen molar-refractivity contribution in [3.05, 3.63) is 82.7 Å². The van der Waals surface area contributed by atoms with Gasteiger partial charge in [0.25, 0.3) is 0 Å². The van der Waals surface area contributed by atoms with Gasteiger partial charge >= 0.3 is 11.9 Å². The van der Waals surface area contributed by atoms with Crippen molar-refractivity contribution < 1.29 is 23.8 Å². The summed E-state index contributed by atoms with van der Waals surface area (Å²) in [5, 5.41) is 0.496. The fourth-order valence-corrected chi connectivity index (χ4v) is 3.65. The van der Waals surface area contributed by atoms with Gasteiger partial charge in [-0.25, -0.2) is 9.59 Å². The third-order valence-corrected chi connectivity index (χ3v) is 4.98. The highest BCUT2D eigenvalue weighted by Gasteiger charge is 2.36. The zero-order chi connectivity index (χ0) is 22.4. The molecular weight excluding hydrogens is 418 g/mol. The third kappa shape index (κ3) is 4.91. The standard InChI is InChI=1S/C24H24ClNO5/c1-4-30-23(27)18-14-26(20-11-6-7-12-21(20)29-3)15-19(24(28)31-5-2)22(18)16-9-8-10-17(25)13-16/h6-15,22H,4-5H2,1-3H3. The van der Waals surface area contributed by atoms with Gasteiger partial charge in [0, 0.05) is 17.4 Å². The number of esters is 2. The third-order valence-electron chi connectivity index (χ3n) is 4.75. The molecule has 0 aromatic heterocycles. The number of benzene rings is 2. The van der Waals surface area contributed by atoms with Gasteiger partial charge in [0.2, 0.25) is 0 Å². The van der Waals surface area contributed by atoms with Gasteiger partial charge in [-0.3, -0.25) is 0 Å². The van der Waals surface area contributed by atoms with Crippen LogP contribution in [0.2, 0.25) is 5.02 Å². The lowest BCUT2D eigenvalue weighted by Gasteiger charge is -2.31. The highest BCUT2D eigenvalue weighted by Crippen LogP contribution is 2.40. The molecule has 0 fully saturated rings. The maximum absolute atomic E-state index is 13.0. The molecule has 162 valence electrons. The number of methoxy groups -OCH3 is 1. The van der Waals surface area contributed by atoms with Gasteiger partial charge in [-0.2, -0.15) is 0 Å². The van der Waals surface area contributed by atoms with E-state index in [-0.39, 0.29) is 13.2 Å². The summed E-state index contributed by atoms with van der Waals surface area (Å²) >= 11 is 6.21. The smallest absolute Gasteiger partial charge is 0.336 e. The van der Waals surface area contributed by atoms with Gasteiger partial charge in [0.1, 0.15) is 5.75 Å². The molecule has 0 aliphatic carbocycles. The van der Waals surface area contributed by atoms with Crippen LogP contribution in [0.3, 0.4) is 0 Å². The summed E-state index contributed by atoms with van der Waals surface area (Å²) in [5.41, 5.74) is 1.94. The van der Waals surface area contributed by atoms with Crippen LogP contribution in [-0.2, 0) is 19.1 Å². The highest BCUT2D eigenvalue weighted by molar-refractivity contribution is 6.30. The lowest BCUT2D eigenvalue weighted by molar-refractivity contribution is -0.139. The topological polar surface area (TPSA) is 65.1 Å². The van der Waals surface area contributed by atoms with Gasteiger partial charge in [0.05, 0.1) is 43.1 Å². The van der Waals surface area contributed by atoms with Crippen LogP contribution in [0.25, 0.3) is 0 Å². The molecule has 2 aromatic carbocycles. The Morgan fingerprint density at radius 1 is 0.935 bits per heavy atom. The summed E-state index contributed by atoms with van der Waals surface area (Å²) in [6, 6.07) is 14.4. The summed E-state index contributed by atoms with van der Waals surface area (Å²) in [4.78, 5) is 27.6. The zero-order valence-corrected chi connectivity index (χ0v) is 18.4. The lowest BCUT2D eigenvalue weighted by Crippen LogP contribution is -2.29. The molecule has 2 aromatic rings. The molecule has 0 spiro atoms. The molecular formula is C24H24ClNO5. The number of hydrogen-bond donors (Lipinski definition) is 0. The first-order valence-corrected chi connectivity index (χ1v) is 10.3. The number of hydrogen-bond acceptors (Lipinski definition) is 6. The molecule has 0 amide bonds. The monoisotopic (exact) mass is 441 g/mol. The van der Waals surface area contributed by atoms with E-state index in [2.05, 4.69) is 0 Å². The molecule has 31 heavy (non-hydrogen) atoms. The van der Waals surface area contributed by atoms with E-state index in [9.17, 15) is 9.59 Å². The molecule has 0 bridgehead atoms. The van der Waals surface area contributed by atoms with Crippen LogP contribution >= 0.6 is 11.6 Å². The summed E-state index contributed by atoms with van der Waals surface area (Å²) in [5.74, 6) is -1.16. The molecule has 1 aliphatic heterocycles. The van der Waals surface area contributed by atoms with E-state index in [0.29, 0.717) is 33.2 Å². The summed E-state index contributed by atoms with van der Waals surface area (Å²) < 4.78 is 16.1. The molecule has 1 heterocycles. The Morgan fingerprint density at radius 2 is 1.55 bits per heavy atom. The van der Waals surface area contributed by atoms with Crippen molar-refractivity contribution in [2.24, 2.45) is 0 Å². The molecule has 3 rings (SSSR count). The zero-order valence-electron chi connectivity index (χ0n) is 17.6. The Bertz CT molecular complexity index is 994. The molecule has 1 aliphatic rings. The number of carbonyl (C=O) groups is 2. The molecule has 7 heteroatoms. The van der Waals surface area contributed by atoms with Gasteiger partial charge in [-0.15, -0.1) is 0 Å². The maximum Gasteiger partial charge on any atom is 0.336 e. The van der Waals surface area contributed by atoms with E-state index in [1.807, 2.05) is 24.3 Å². The van der Waals surface area contributed by atoms with Crippen LogP contribution in [0.5, 0.6) is 5.75 Å². The molecule has 0 saturated carbocycles. The first kappa shape index (κ1) is 22.4. The quantitative estimate of drug-likeness (QED) is 0.572. The number of nitrogens with zero attached hydrogens (tertiary/aromatic N) is 1. The van der Waals surface area contributed by atoms with Gasteiger partial charge in [-0.05, 0) is 43.7 Å². The Hall–Kier alpha value is -3.25. The number of ether oxygens (including phenoxy) is 3. The van der Waals surface area contributed by atoms with E-state index in [0.717, 1.165) is 0 Å². The van der Waals surface area contributed by atoms with Crippen molar-refractivity contribution in [2.75, 3.05) is 25.2 Å². The summed E-state index contributed by atoms with van der Waals surface area (Å²) in [6.45, 7) is 3.86. The van der Waals surface area contributed by atoms with Crippen molar-refractivity contribution in [2.45, 2.75) is 19.8 Å². The van der Waals surface area contributed by atoms with Crippen LogP contribution in [-0.4, -0.2) is 32.3 Å². The second kappa shape index (κ2) is 10.2.